The van der Waals surface area contributed by atoms with Crippen molar-refractivity contribution in [2.24, 2.45) is 11.8 Å². The number of halogens is 3. The number of esters is 1. The van der Waals surface area contributed by atoms with Gasteiger partial charge in [-0.2, -0.15) is 0 Å². The Morgan fingerprint density at radius 3 is 2.57 bits per heavy atom. The van der Waals surface area contributed by atoms with Gasteiger partial charge >= 0.3 is 5.97 Å². The summed E-state index contributed by atoms with van der Waals surface area (Å²) in [7, 11) is 2.94. The Kier molecular flexibility index (Phi) is 7.86. The molecule has 0 bridgehead atoms. The molecule has 0 N–H and O–H groups in total. The van der Waals surface area contributed by atoms with Crippen LogP contribution in [0.5, 0.6) is 11.6 Å². The first-order chi connectivity index (χ1) is 21.3. The monoisotopic (exact) mass is 640 g/mol. The van der Waals surface area contributed by atoms with Crippen molar-refractivity contribution >= 4 is 40.2 Å². The van der Waals surface area contributed by atoms with Gasteiger partial charge in [-0.05, 0) is 48.6 Å². The normalized spacial score (nSPS) is 22.5. The van der Waals surface area contributed by atoms with Crippen molar-refractivity contribution in [3.05, 3.63) is 81.0 Å². The number of methoxy groups -OCH3 is 2. The average Bonchev–Trinajstić information content (AvgIpc) is 3.30. The second kappa shape index (κ2) is 11.8. The van der Waals surface area contributed by atoms with E-state index in [2.05, 4.69) is 9.47 Å². The van der Waals surface area contributed by atoms with E-state index in [1.54, 1.807) is 37.4 Å². The number of ether oxygens (including phenoxy) is 4. The van der Waals surface area contributed by atoms with Crippen molar-refractivity contribution in [1.29, 1.82) is 0 Å². The topological polar surface area (TPSA) is 87.9 Å². The summed E-state index contributed by atoms with van der Waals surface area (Å²) in [5.74, 6) is 2.06. The van der Waals surface area contributed by atoms with Crippen molar-refractivity contribution in [3.8, 4) is 11.6 Å². The number of piperidine rings is 1. The number of fused-ring (bicyclic) bond motifs is 2. The number of carbonyl (C=O) groups is 1. The van der Waals surface area contributed by atoms with Crippen LogP contribution in [0.2, 0.25) is 10.0 Å². The molecule has 2 saturated heterocycles. The highest BCUT2D eigenvalue weighted by Crippen LogP contribution is 2.59. The lowest BCUT2D eigenvalue weighted by Crippen LogP contribution is -2.33. The van der Waals surface area contributed by atoms with E-state index in [-0.39, 0.29) is 18.6 Å². The average molecular weight is 642 g/mol. The summed E-state index contributed by atoms with van der Waals surface area (Å²) < 4.78 is 38.5. The number of pyridine rings is 1. The first-order valence-electron chi connectivity index (χ1n) is 14.6. The Hall–Kier alpha value is -3.44. The summed E-state index contributed by atoms with van der Waals surface area (Å²) in [5, 5.41) is 0.946. The number of rotatable bonds is 10. The van der Waals surface area contributed by atoms with E-state index in [1.807, 2.05) is 6.07 Å². The van der Waals surface area contributed by atoms with E-state index in [1.165, 1.54) is 13.2 Å². The molecule has 1 saturated carbocycles. The molecule has 3 atom stereocenters. The van der Waals surface area contributed by atoms with Gasteiger partial charge in [0.2, 0.25) is 5.88 Å². The number of imidazole rings is 1. The molecule has 2 unspecified atom stereocenters. The van der Waals surface area contributed by atoms with Crippen LogP contribution in [0, 0.1) is 17.7 Å². The minimum Gasteiger partial charge on any atom is -0.494 e. The fourth-order valence-corrected chi connectivity index (χ4v) is 6.87. The highest BCUT2D eigenvalue weighted by Gasteiger charge is 2.57. The first-order valence-corrected chi connectivity index (χ1v) is 15.3. The molecule has 4 heterocycles. The Morgan fingerprint density at radius 1 is 1.09 bits per heavy atom. The van der Waals surface area contributed by atoms with E-state index in [9.17, 15) is 9.18 Å². The van der Waals surface area contributed by atoms with Crippen LogP contribution in [0.25, 0.3) is 11.0 Å². The summed E-state index contributed by atoms with van der Waals surface area (Å²) in [5.41, 5.74) is 3.18. The van der Waals surface area contributed by atoms with E-state index >= 15 is 0 Å². The maximum absolute atomic E-state index is 14.2. The van der Waals surface area contributed by atoms with Gasteiger partial charge in [-0.3, -0.25) is 4.90 Å². The molecule has 0 amide bonds. The number of likely N-dealkylation sites (tertiary alicyclic amines) is 1. The molecule has 1 aliphatic carbocycles. The number of hydrogen-bond acceptors (Lipinski definition) is 8. The maximum Gasteiger partial charge on any atom is 0.338 e. The molecule has 0 spiro atoms. The molecular weight excluding hydrogens is 610 g/mol. The van der Waals surface area contributed by atoms with Gasteiger partial charge in [-0.1, -0.05) is 29.3 Å². The SMILES string of the molecule is COC(=O)c1cc(OC)c2nc(CN3CC4C(C3)C4c3nc(OCc4ccc(Cl)cc4F)ccc3Cl)n(C[C@@H]3CCO3)c2c1. The third-order valence-corrected chi connectivity index (χ3v) is 9.46. The van der Waals surface area contributed by atoms with Crippen molar-refractivity contribution in [3.63, 3.8) is 0 Å². The Bertz CT molecular complexity index is 1730. The molecular formula is C32H31Cl2FN4O5. The fourth-order valence-electron chi connectivity index (χ4n) is 6.48. The zero-order valence-corrected chi connectivity index (χ0v) is 25.8. The first kappa shape index (κ1) is 29.3. The van der Waals surface area contributed by atoms with Crippen LogP contribution >= 0.6 is 23.2 Å². The number of hydrogen-bond donors (Lipinski definition) is 0. The summed E-state index contributed by atoms with van der Waals surface area (Å²) in [6.07, 6.45) is 1.09. The van der Waals surface area contributed by atoms with Crippen molar-refractivity contribution < 1.29 is 28.1 Å². The standard InChI is InChI=1S/C32H31Cl2FN4O5/c1-41-26-10-18(32(40)42-2)9-25-31(26)36-27(39(25)12-20-7-8-43-20)15-38-13-21-22(14-38)29(21)30-23(34)5-6-28(37-30)44-16-17-3-4-19(33)11-24(17)35/h3-6,9-11,20-22,29H,7-8,12-16H2,1-2H3/t20-,21?,22?,29?/m0/s1. The van der Waals surface area contributed by atoms with Crippen LogP contribution in [0.1, 0.15) is 39.8 Å². The third-order valence-electron chi connectivity index (χ3n) is 8.91. The van der Waals surface area contributed by atoms with Crippen LogP contribution in [0.3, 0.4) is 0 Å². The van der Waals surface area contributed by atoms with Crippen molar-refractivity contribution in [2.45, 2.75) is 38.1 Å². The number of carbonyl (C=O) groups excluding carboxylic acids is 1. The molecule has 2 aromatic carbocycles. The Balaban J connectivity index is 1.07. The summed E-state index contributed by atoms with van der Waals surface area (Å²) >= 11 is 12.5. The highest BCUT2D eigenvalue weighted by atomic mass is 35.5. The molecule has 3 aliphatic rings. The van der Waals surface area contributed by atoms with E-state index in [4.69, 9.17) is 52.1 Å². The van der Waals surface area contributed by atoms with Crippen LogP contribution in [-0.2, 0) is 29.2 Å². The molecule has 12 heteroatoms. The number of aromatic nitrogens is 3. The summed E-state index contributed by atoms with van der Waals surface area (Å²) in [6.45, 7) is 3.84. The molecule has 4 aromatic rings. The number of benzene rings is 2. The second-order valence-corrected chi connectivity index (χ2v) is 12.4. The van der Waals surface area contributed by atoms with Gasteiger partial charge in [0.25, 0.3) is 0 Å². The largest absolute Gasteiger partial charge is 0.494 e. The predicted molar refractivity (Wildman–Crippen MR) is 162 cm³/mol. The number of nitrogens with zero attached hydrogens (tertiary/aromatic N) is 4. The zero-order valence-electron chi connectivity index (χ0n) is 24.3. The molecule has 2 aromatic heterocycles. The van der Waals surface area contributed by atoms with Crippen LogP contribution in [0.4, 0.5) is 4.39 Å². The van der Waals surface area contributed by atoms with Gasteiger partial charge in [-0.15, -0.1) is 0 Å². The van der Waals surface area contributed by atoms with E-state index in [0.717, 1.165) is 43.2 Å². The minimum atomic E-state index is -0.427. The second-order valence-electron chi connectivity index (χ2n) is 11.5. The molecule has 9 nitrogen and oxygen atoms in total. The van der Waals surface area contributed by atoms with Crippen LogP contribution in [0.15, 0.2) is 42.5 Å². The van der Waals surface area contributed by atoms with Gasteiger partial charge in [-0.25, -0.2) is 19.2 Å². The van der Waals surface area contributed by atoms with Crippen LogP contribution in [-0.4, -0.2) is 65.4 Å². The van der Waals surface area contributed by atoms with Gasteiger partial charge in [0.05, 0.1) is 55.2 Å². The minimum absolute atomic E-state index is 0.0428. The molecule has 3 fully saturated rings. The van der Waals surface area contributed by atoms with Crippen molar-refractivity contribution in [2.75, 3.05) is 33.9 Å². The zero-order chi connectivity index (χ0) is 30.5. The quantitative estimate of drug-likeness (QED) is 0.198. The van der Waals surface area contributed by atoms with Crippen LogP contribution < -0.4 is 9.47 Å². The summed E-state index contributed by atoms with van der Waals surface area (Å²) in [6, 6.07) is 11.5. The maximum atomic E-state index is 14.2. The fraction of sp³-hybridized carbons (Fsp3) is 0.406. The highest BCUT2D eigenvalue weighted by molar-refractivity contribution is 6.31. The predicted octanol–water partition coefficient (Wildman–Crippen LogP) is 5.89. The van der Waals surface area contributed by atoms with Gasteiger partial charge in [0.1, 0.15) is 29.5 Å². The van der Waals surface area contributed by atoms with Crippen molar-refractivity contribution in [1.82, 2.24) is 19.4 Å². The molecule has 44 heavy (non-hydrogen) atoms. The molecule has 2 aliphatic heterocycles. The molecule has 7 rings (SSSR count). The summed E-state index contributed by atoms with van der Waals surface area (Å²) in [4.78, 5) is 24.5. The van der Waals surface area contributed by atoms with Gasteiger partial charge < -0.3 is 23.5 Å². The van der Waals surface area contributed by atoms with E-state index in [0.29, 0.717) is 63.2 Å². The Morgan fingerprint density at radius 2 is 1.89 bits per heavy atom. The lowest BCUT2D eigenvalue weighted by Gasteiger charge is -2.28. The van der Waals surface area contributed by atoms with Gasteiger partial charge in [0, 0.05) is 42.3 Å². The van der Waals surface area contributed by atoms with Gasteiger partial charge in [0.15, 0.2) is 0 Å². The lowest BCUT2D eigenvalue weighted by atomic mass is 10.1. The molecule has 0 radical (unpaired) electrons. The molecule has 230 valence electrons. The lowest BCUT2D eigenvalue weighted by molar-refractivity contribution is -0.0591. The smallest absolute Gasteiger partial charge is 0.338 e. The van der Waals surface area contributed by atoms with E-state index < -0.39 is 11.8 Å². The third kappa shape index (κ3) is 5.49. The Labute approximate surface area is 263 Å².